The molecular weight excluding hydrogens is 246 g/mol. The molecule has 0 aliphatic carbocycles. The molecule has 8 heteroatoms. The molecule has 1 rings (SSSR count). The standard InChI is InChI=1S/C9H17N3O4S/c1-8(2)11(3)17(14,15)12-4-5-16-6-9(12)10-7-13/h8-9H,4-6H2,1-3H3. The number of morpholine rings is 1. The Labute approximate surface area is 101 Å². The van der Waals surface area contributed by atoms with Gasteiger partial charge < -0.3 is 4.74 Å². The van der Waals surface area contributed by atoms with Crippen molar-refractivity contribution in [1.29, 1.82) is 0 Å². The molecule has 0 N–H and O–H groups in total. The molecule has 0 radical (unpaired) electrons. The van der Waals surface area contributed by atoms with Crippen molar-refractivity contribution in [2.75, 3.05) is 26.8 Å². The minimum Gasteiger partial charge on any atom is -0.376 e. The molecule has 1 saturated heterocycles. The smallest absolute Gasteiger partial charge is 0.283 e. The lowest BCUT2D eigenvalue weighted by molar-refractivity contribution is 0.0330. The summed E-state index contributed by atoms with van der Waals surface area (Å²) in [4.78, 5) is 13.7. The Hall–Kier alpha value is -0.790. The quantitative estimate of drug-likeness (QED) is 0.509. The molecule has 0 aromatic rings. The van der Waals surface area contributed by atoms with Crippen LogP contribution >= 0.6 is 0 Å². The SMILES string of the molecule is CC(C)N(C)S(=O)(=O)N1CCOCC1N=C=O. The third kappa shape index (κ3) is 3.11. The summed E-state index contributed by atoms with van der Waals surface area (Å²) in [6.07, 6.45) is 0.565. The summed E-state index contributed by atoms with van der Waals surface area (Å²) in [5.41, 5.74) is 0. The van der Waals surface area contributed by atoms with Crippen LogP contribution in [0.2, 0.25) is 0 Å². The second-order valence-electron chi connectivity index (χ2n) is 4.00. The molecule has 0 bridgehead atoms. The Kier molecular flexibility index (Phi) is 4.79. The number of aliphatic imine (C=N–C) groups is 1. The van der Waals surface area contributed by atoms with E-state index in [0.717, 1.165) is 0 Å². The highest BCUT2D eigenvalue weighted by Gasteiger charge is 2.36. The Bertz CT molecular complexity index is 402. The van der Waals surface area contributed by atoms with Crippen molar-refractivity contribution in [2.24, 2.45) is 4.99 Å². The van der Waals surface area contributed by atoms with Gasteiger partial charge in [-0.1, -0.05) is 0 Å². The van der Waals surface area contributed by atoms with Crippen molar-refractivity contribution >= 4 is 16.3 Å². The lowest BCUT2D eigenvalue weighted by Gasteiger charge is -2.35. The van der Waals surface area contributed by atoms with Crippen molar-refractivity contribution < 1.29 is 17.9 Å². The third-order valence-corrected chi connectivity index (χ3v) is 4.81. The highest BCUT2D eigenvalue weighted by atomic mass is 32.2. The summed E-state index contributed by atoms with van der Waals surface area (Å²) >= 11 is 0. The topological polar surface area (TPSA) is 79.3 Å². The molecule has 17 heavy (non-hydrogen) atoms. The third-order valence-electron chi connectivity index (χ3n) is 2.64. The molecule has 98 valence electrons. The molecule has 1 aliphatic heterocycles. The Morgan fingerprint density at radius 3 is 2.71 bits per heavy atom. The largest absolute Gasteiger partial charge is 0.376 e. The van der Waals surface area contributed by atoms with E-state index in [-0.39, 0.29) is 19.2 Å². The van der Waals surface area contributed by atoms with Crippen LogP contribution in [0.4, 0.5) is 0 Å². The number of hydrogen-bond acceptors (Lipinski definition) is 5. The van der Waals surface area contributed by atoms with Gasteiger partial charge >= 0.3 is 0 Å². The van der Waals surface area contributed by atoms with Crippen molar-refractivity contribution in [3.63, 3.8) is 0 Å². The molecule has 1 fully saturated rings. The van der Waals surface area contributed by atoms with E-state index >= 15 is 0 Å². The van der Waals surface area contributed by atoms with Crippen LogP contribution in [-0.2, 0) is 19.7 Å². The maximum atomic E-state index is 12.2. The van der Waals surface area contributed by atoms with E-state index in [1.807, 2.05) is 0 Å². The zero-order chi connectivity index (χ0) is 13.1. The van der Waals surface area contributed by atoms with Crippen molar-refractivity contribution in [2.45, 2.75) is 26.1 Å². The van der Waals surface area contributed by atoms with E-state index in [2.05, 4.69) is 4.99 Å². The van der Waals surface area contributed by atoms with E-state index in [4.69, 9.17) is 4.74 Å². The first kappa shape index (κ1) is 14.3. The van der Waals surface area contributed by atoms with Gasteiger partial charge in [0.25, 0.3) is 10.2 Å². The molecule has 0 saturated carbocycles. The molecular formula is C9H17N3O4S. The first-order chi connectivity index (χ1) is 7.91. The van der Waals surface area contributed by atoms with E-state index < -0.39 is 16.4 Å². The molecule has 0 aromatic heterocycles. The van der Waals surface area contributed by atoms with Gasteiger partial charge in [-0.25, -0.2) is 4.79 Å². The Morgan fingerprint density at radius 1 is 1.53 bits per heavy atom. The highest BCUT2D eigenvalue weighted by molar-refractivity contribution is 7.86. The van der Waals surface area contributed by atoms with Crippen molar-refractivity contribution in [1.82, 2.24) is 8.61 Å². The minimum absolute atomic E-state index is 0.0837. The first-order valence-corrected chi connectivity index (χ1v) is 6.70. The zero-order valence-electron chi connectivity index (χ0n) is 10.2. The number of rotatable bonds is 4. The molecule has 1 heterocycles. The lowest BCUT2D eigenvalue weighted by atomic mass is 10.4. The molecule has 1 aliphatic rings. The van der Waals surface area contributed by atoms with Crippen LogP contribution in [0.15, 0.2) is 4.99 Å². The van der Waals surface area contributed by atoms with Crippen LogP contribution < -0.4 is 0 Å². The monoisotopic (exact) mass is 263 g/mol. The van der Waals surface area contributed by atoms with Gasteiger partial charge in [0, 0.05) is 19.6 Å². The summed E-state index contributed by atoms with van der Waals surface area (Å²) in [5.74, 6) is 0. The molecule has 0 spiro atoms. The number of isocyanates is 1. The lowest BCUT2D eigenvalue weighted by Crippen LogP contribution is -2.53. The van der Waals surface area contributed by atoms with Gasteiger partial charge in [0.15, 0.2) is 6.17 Å². The van der Waals surface area contributed by atoms with Crippen LogP contribution in [0, 0.1) is 0 Å². The normalized spacial score (nSPS) is 22.8. The summed E-state index contributed by atoms with van der Waals surface area (Å²) in [6.45, 7) is 4.12. The number of ether oxygens (including phenoxy) is 1. The number of hydrogen-bond donors (Lipinski definition) is 0. The van der Waals surface area contributed by atoms with E-state index in [0.29, 0.717) is 6.61 Å². The highest BCUT2D eigenvalue weighted by Crippen LogP contribution is 2.17. The van der Waals surface area contributed by atoms with Gasteiger partial charge in [-0.15, -0.1) is 0 Å². The van der Waals surface area contributed by atoms with Crippen LogP contribution in [0.3, 0.4) is 0 Å². The molecule has 0 aromatic carbocycles. The van der Waals surface area contributed by atoms with Crippen LogP contribution in [0.25, 0.3) is 0 Å². The number of carbonyl (C=O) groups excluding carboxylic acids is 1. The summed E-state index contributed by atoms with van der Waals surface area (Å²) in [6, 6.07) is -0.163. The summed E-state index contributed by atoms with van der Waals surface area (Å²) in [7, 11) is -2.12. The van der Waals surface area contributed by atoms with Crippen LogP contribution in [0.1, 0.15) is 13.8 Å². The maximum absolute atomic E-state index is 12.2. The summed E-state index contributed by atoms with van der Waals surface area (Å²) < 4.78 is 32.0. The predicted octanol–water partition coefficient (Wildman–Crippen LogP) is -0.434. The van der Waals surface area contributed by atoms with Crippen molar-refractivity contribution in [3.8, 4) is 0 Å². The fourth-order valence-corrected chi connectivity index (χ4v) is 3.02. The zero-order valence-corrected chi connectivity index (χ0v) is 11.0. The predicted molar refractivity (Wildman–Crippen MR) is 61.3 cm³/mol. The Morgan fingerprint density at radius 2 is 2.18 bits per heavy atom. The fraction of sp³-hybridized carbons (Fsp3) is 0.889. The maximum Gasteiger partial charge on any atom is 0.283 e. The summed E-state index contributed by atoms with van der Waals surface area (Å²) in [5, 5.41) is 0. The van der Waals surface area contributed by atoms with E-state index in [9.17, 15) is 13.2 Å². The number of nitrogens with zero attached hydrogens (tertiary/aromatic N) is 3. The molecule has 7 nitrogen and oxygen atoms in total. The van der Waals surface area contributed by atoms with Crippen molar-refractivity contribution in [3.05, 3.63) is 0 Å². The average molecular weight is 263 g/mol. The van der Waals surface area contributed by atoms with Gasteiger partial charge in [0.1, 0.15) is 0 Å². The second kappa shape index (κ2) is 5.70. The Balaban J connectivity index is 2.98. The van der Waals surface area contributed by atoms with Gasteiger partial charge in [0.2, 0.25) is 6.08 Å². The van der Waals surface area contributed by atoms with Gasteiger partial charge in [0.05, 0.1) is 13.2 Å². The molecule has 1 unspecified atom stereocenters. The van der Waals surface area contributed by atoms with E-state index in [1.165, 1.54) is 21.7 Å². The fourth-order valence-electron chi connectivity index (χ4n) is 1.44. The molecule has 1 atom stereocenters. The van der Waals surface area contributed by atoms with E-state index in [1.54, 1.807) is 13.8 Å². The molecule has 0 amide bonds. The minimum atomic E-state index is -3.62. The second-order valence-corrected chi connectivity index (χ2v) is 5.95. The van der Waals surface area contributed by atoms with Gasteiger partial charge in [-0.2, -0.15) is 22.0 Å². The van der Waals surface area contributed by atoms with Crippen LogP contribution in [-0.4, -0.2) is 62.1 Å². The average Bonchev–Trinajstić information content (AvgIpc) is 2.29. The van der Waals surface area contributed by atoms with Gasteiger partial charge in [-0.3, -0.25) is 0 Å². The van der Waals surface area contributed by atoms with Gasteiger partial charge in [-0.05, 0) is 13.8 Å². The van der Waals surface area contributed by atoms with Crippen LogP contribution in [0.5, 0.6) is 0 Å². The first-order valence-electron chi connectivity index (χ1n) is 5.30.